The average Bonchev–Trinajstić information content (AvgIpc) is 1.21. The number of rotatable bonds is 1. The van der Waals surface area contributed by atoms with Crippen LogP contribution < -0.4 is 0 Å². The molecule has 0 saturated heterocycles. The van der Waals surface area contributed by atoms with E-state index < -0.39 is 3.79 Å². The Hall–Kier alpha value is 1.16. The molecule has 0 saturated carbocycles. The van der Waals surface area contributed by atoms with Gasteiger partial charge in [0.25, 0.3) is 0 Å². The van der Waals surface area contributed by atoms with Crippen molar-refractivity contribution >= 4 is 46.4 Å². The molecule has 0 nitrogen and oxygen atoms in total. The van der Waals surface area contributed by atoms with E-state index in [0.717, 1.165) is 0 Å². The van der Waals surface area contributed by atoms with E-state index in [1.165, 1.54) is 0 Å². The van der Waals surface area contributed by atoms with Gasteiger partial charge in [-0.2, -0.15) is 0 Å². The zero-order valence-corrected chi connectivity index (χ0v) is 7.03. The zero-order valence-electron chi connectivity index (χ0n) is 4.00. The molecule has 0 aromatic rings. The fraction of sp³-hybridized carbons (Fsp3) is 0.750. The summed E-state index contributed by atoms with van der Waals surface area (Å²) in [6.07, 6.45) is 0.277. The fourth-order valence-corrected chi connectivity index (χ4v) is 1.28. The molecular weight excluding hydrogens is 190 g/mol. The molecular formula is C4H5Cl4. The third kappa shape index (κ3) is 7.16. The predicted octanol–water partition coefficient (Wildman–Crippen LogP) is 3.19. The highest BCUT2D eigenvalue weighted by atomic mass is 35.6. The molecule has 1 radical (unpaired) electrons. The van der Waals surface area contributed by atoms with Gasteiger partial charge in [0.1, 0.15) is 0 Å². The van der Waals surface area contributed by atoms with E-state index in [0.29, 0.717) is 0 Å². The molecule has 0 rings (SSSR count). The first-order valence-electron chi connectivity index (χ1n) is 1.96. The van der Waals surface area contributed by atoms with Crippen LogP contribution in [-0.4, -0.2) is 9.17 Å². The van der Waals surface area contributed by atoms with Crippen molar-refractivity contribution in [3.8, 4) is 0 Å². The second kappa shape index (κ2) is 3.36. The monoisotopic (exact) mass is 193 g/mol. The van der Waals surface area contributed by atoms with Crippen LogP contribution in [0, 0.1) is 6.92 Å². The summed E-state index contributed by atoms with van der Waals surface area (Å²) in [6, 6.07) is 0. The first-order valence-corrected chi connectivity index (χ1v) is 3.53. The van der Waals surface area contributed by atoms with Gasteiger partial charge in [-0.1, -0.05) is 34.8 Å². The van der Waals surface area contributed by atoms with E-state index in [1.807, 2.05) is 0 Å². The van der Waals surface area contributed by atoms with Gasteiger partial charge >= 0.3 is 0 Å². The molecule has 0 N–H and O–H groups in total. The van der Waals surface area contributed by atoms with Gasteiger partial charge in [0.05, 0.1) is 0 Å². The lowest BCUT2D eigenvalue weighted by molar-refractivity contribution is 0.883. The van der Waals surface area contributed by atoms with E-state index in [1.54, 1.807) is 0 Å². The molecule has 0 aliphatic rings. The third-order valence-electron chi connectivity index (χ3n) is 0.453. The lowest BCUT2D eigenvalue weighted by Gasteiger charge is -2.10. The lowest BCUT2D eigenvalue weighted by Crippen LogP contribution is -2.08. The molecule has 0 aromatic carbocycles. The van der Waals surface area contributed by atoms with Crippen LogP contribution in [0.3, 0.4) is 0 Å². The van der Waals surface area contributed by atoms with Gasteiger partial charge in [0.2, 0.25) is 0 Å². The second-order valence-corrected chi connectivity index (χ2v) is 4.55. The highest BCUT2D eigenvalue weighted by molar-refractivity contribution is 6.67. The first-order chi connectivity index (χ1) is 3.42. The van der Waals surface area contributed by atoms with Crippen molar-refractivity contribution in [3.63, 3.8) is 0 Å². The minimum atomic E-state index is -1.26. The molecule has 0 fully saturated rings. The molecule has 0 heterocycles. The summed E-state index contributed by atoms with van der Waals surface area (Å²) in [7, 11) is 0. The normalized spacial score (nSPS) is 16.1. The Morgan fingerprint density at radius 2 is 1.75 bits per heavy atom. The molecule has 4 heteroatoms. The van der Waals surface area contributed by atoms with E-state index in [-0.39, 0.29) is 11.8 Å². The Morgan fingerprint density at radius 3 is 1.75 bits per heavy atom. The van der Waals surface area contributed by atoms with Gasteiger partial charge in [-0.3, -0.25) is 0 Å². The maximum absolute atomic E-state index is 5.40. The maximum Gasteiger partial charge on any atom is 0.192 e. The topological polar surface area (TPSA) is 0 Å². The van der Waals surface area contributed by atoms with Gasteiger partial charge in [0, 0.05) is 11.8 Å². The van der Waals surface area contributed by atoms with Crippen molar-refractivity contribution in [3.05, 3.63) is 6.92 Å². The minimum absolute atomic E-state index is 0.277. The van der Waals surface area contributed by atoms with E-state index >= 15 is 0 Å². The molecule has 8 heavy (non-hydrogen) atoms. The summed E-state index contributed by atoms with van der Waals surface area (Å²) < 4.78 is -1.26. The van der Waals surface area contributed by atoms with Crippen molar-refractivity contribution in [2.24, 2.45) is 0 Å². The van der Waals surface area contributed by atoms with Crippen LogP contribution in [0.1, 0.15) is 6.42 Å². The Labute approximate surface area is 69.0 Å². The quantitative estimate of drug-likeness (QED) is 0.563. The van der Waals surface area contributed by atoms with Gasteiger partial charge in [-0.15, -0.1) is 11.6 Å². The molecule has 1 atom stereocenters. The van der Waals surface area contributed by atoms with Crippen molar-refractivity contribution in [1.82, 2.24) is 0 Å². The van der Waals surface area contributed by atoms with Crippen LogP contribution in [0.4, 0.5) is 0 Å². The van der Waals surface area contributed by atoms with Gasteiger partial charge in [0.15, 0.2) is 3.79 Å². The highest BCUT2D eigenvalue weighted by Gasteiger charge is 2.21. The molecule has 1 unspecified atom stereocenters. The Bertz CT molecular complexity index is 62.9. The number of alkyl halides is 4. The van der Waals surface area contributed by atoms with E-state index in [4.69, 9.17) is 46.4 Å². The summed E-state index contributed by atoms with van der Waals surface area (Å²) >= 11 is 21.4. The summed E-state index contributed by atoms with van der Waals surface area (Å²) in [6.45, 7) is 3.44. The number of halogens is 4. The number of hydrogen-bond donors (Lipinski definition) is 0. The highest BCUT2D eigenvalue weighted by Crippen LogP contribution is 2.32. The minimum Gasteiger partial charge on any atom is -0.123 e. The second-order valence-electron chi connectivity index (χ2n) is 1.42. The van der Waals surface area contributed by atoms with Crippen LogP contribution in [-0.2, 0) is 0 Å². The van der Waals surface area contributed by atoms with Gasteiger partial charge in [-0.25, -0.2) is 0 Å². The predicted molar refractivity (Wildman–Crippen MR) is 39.9 cm³/mol. The van der Waals surface area contributed by atoms with Crippen molar-refractivity contribution in [1.29, 1.82) is 0 Å². The van der Waals surface area contributed by atoms with Crippen LogP contribution in [0.15, 0.2) is 0 Å². The zero-order chi connectivity index (χ0) is 6.78. The Morgan fingerprint density at radius 1 is 1.38 bits per heavy atom. The summed E-state index contributed by atoms with van der Waals surface area (Å²) in [5.74, 6) is 0. The summed E-state index contributed by atoms with van der Waals surface area (Å²) in [5, 5.41) is -0.331. The van der Waals surface area contributed by atoms with E-state index in [9.17, 15) is 0 Å². The van der Waals surface area contributed by atoms with E-state index in [2.05, 4.69) is 6.92 Å². The smallest absolute Gasteiger partial charge is 0.123 e. The van der Waals surface area contributed by atoms with Crippen molar-refractivity contribution in [2.45, 2.75) is 15.6 Å². The molecule has 0 aromatic heterocycles. The average molecular weight is 195 g/mol. The van der Waals surface area contributed by atoms with Crippen LogP contribution in [0.2, 0.25) is 0 Å². The standard InChI is InChI=1S/C4H5Cl4/c1-3(5)2-4(6,7)8/h3H,1-2H2. The molecule has 0 spiro atoms. The molecule has 49 valence electrons. The van der Waals surface area contributed by atoms with Crippen molar-refractivity contribution < 1.29 is 0 Å². The number of hydrogen-bond acceptors (Lipinski definition) is 0. The van der Waals surface area contributed by atoms with Crippen LogP contribution >= 0.6 is 46.4 Å². The molecule has 0 bridgehead atoms. The maximum atomic E-state index is 5.40. The van der Waals surface area contributed by atoms with Gasteiger partial charge in [-0.05, 0) is 6.92 Å². The van der Waals surface area contributed by atoms with Gasteiger partial charge < -0.3 is 0 Å². The SMILES string of the molecule is [CH2]C(Cl)CC(Cl)(Cl)Cl. The largest absolute Gasteiger partial charge is 0.192 e. The Balaban J connectivity index is 3.39. The lowest BCUT2D eigenvalue weighted by atomic mass is 10.4. The summed E-state index contributed by atoms with van der Waals surface area (Å²) in [4.78, 5) is 0. The van der Waals surface area contributed by atoms with Crippen molar-refractivity contribution in [2.75, 3.05) is 0 Å². The third-order valence-corrected chi connectivity index (χ3v) is 1.07. The Kier molecular flexibility index (Phi) is 3.85. The molecule has 0 amide bonds. The first kappa shape index (κ1) is 9.16. The van der Waals surface area contributed by atoms with Crippen LogP contribution in [0.5, 0.6) is 0 Å². The molecule has 0 aliphatic heterocycles. The van der Waals surface area contributed by atoms with Crippen LogP contribution in [0.25, 0.3) is 0 Å². The summed E-state index contributed by atoms with van der Waals surface area (Å²) in [5.41, 5.74) is 0. The molecule has 0 aliphatic carbocycles. The fourth-order valence-electron chi connectivity index (χ4n) is 0.251.